The molecule has 1 aromatic heterocycles. The fourth-order valence-corrected chi connectivity index (χ4v) is 3.27. The molecule has 0 aliphatic heterocycles. The van der Waals surface area contributed by atoms with E-state index >= 15 is 0 Å². The molecule has 0 aliphatic rings. The van der Waals surface area contributed by atoms with Gasteiger partial charge in [0.2, 0.25) is 0 Å². The molecular weight excluding hydrogens is 377 g/mol. The number of hydrogen-bond acceptors (Lipinski definition) is 6. The molecule has 0 bridgehead atoms. The normalized spacial score (nSPS) is 10.5. The molecule has 1 heterocycles. The summed E-state index contributed by atoms with van der Waals surface area (Å²) in [4.78, 5) is 9.58. The highest BCUT2D eigenvalue weighted by Gasteiger charge is 2.03. The van der Waals surface area contributed by atoms with Crippen molar-refractivity contribution < 1.29 is 0 Å². The zero-order valence-corrected chi connectivity index (χ0v) is 15.6. The smallest absolute Gasteiger partial charge is 0.135 e. The Labute approximate surface area is 160 Å². The number of nitrogens with zero attached hydrogens (tertiary/aromatic N) is 2. The van der Waals surface area contributed by atoms with E-state index in [2.05, 4.69) is 25.3 Å². The molecule has 2 aromatic carbocycles. The topological polar surface area (TPSA) is 61.9 Å². The SMILES string of the molecule is CNSc1cccc(Nc2cc(Nc3cc(Cl)cc(Cl)c3)ncn2)c1. The summed E-state index contributed by atoms with van der Waals surface area (Å²) in [6, 6.07) is 15.1. The van der Waals surface area contributed by atoms with E-state index in [1.807, 2.05) is 37.4 Å². The van der Waals surface area contributed by atoms with Gasteiger partial charge in [-0.2, -0.15) is 0 Å². The van der Waals surface area contributed by atoms with Crippen LogP contribution in [0.4, 0.5) is 23.0 Å². The molecule has 0 radical (unpaired) electrons. The third-order valence-corrected chi connectivity index (χ3v) is 4.26. The molecule has 0 saturated heterocycles. The lowest BCUT2D eigenvalue weighted by atomic mass is 10.3. The van der Waals surface area contributed by atoms with E-state index in [0.717, 1.165) is 16.3 Å². The summed E-state index contributed by atoms with van der Waals surface area (Å²) in [6.07, 6.45) is 1.49. The summed E-state index contributed by atoms with van der Waals surface area (Å²) < 4.78 is 3.05. The highest BCUT2D eigenvalue weighted by atomic mass is 35.5. The number of anilines is 4. The molecule has 0 spiro atoms. The molecule has 0 aliphatic carbocycles. The van der Waals surface area contributed by atoms with Crippen molar-refractivity contribution in [3.8, 4) is 0 Å². The Balaban J connectivity index is 1.76. The first kappa shape index (κ1) is 17.8. The molecule has 0 saturated carbocycles. The second-order valence-electron chi connectivity index (χ2n) is 5.03. The van der Waals surface area contributed by atoms with Crippen molar-refractivity contribution in [2.45, 2.75) is 4.90 Å². The summed E-state index contributed by atoms with van der Waals surface area (Å²) in [6.45, 7) is 0. The Morgan fingerprint density at radius 3 is 2.20 bits per heavy atom. The fraction of sp³-hybridized carbons (Fsp3) is 0.0588. The minimum atomic E-state index is 0.557. The largest absolute Gasteiger partial charge is 0.340 e. The predicted octanol–water partition coefficient (Wildman–Crippen LogP) is 5.50. The van der Waals surface area contributed by atoms with Crippen LogP contribution in [-0.4, -0.2) is 17.0 Å². The standard InChI is InChI=1S/C17H15Cl2N5S/c1-20-25-15-4-2-3-13(8-15)23-16-9-17(22-10-21-16)24-14-6-11(18)5-12(19)7-14/h2-10,20H,1H3,(H2,21,22,23,24). The van der Waals surface area contributed by atoms with Gasteiger partial charge in [-0.15, -0.1) is 0 Å². The summed E-state index contributed by atoms with van der Waals surface area (Å²) in [5.41, 5.74) is 1.70. The van der Waals surface area contributed by atoms with Gasteiger partial charge in [0.25, 0.3) is 0 Å². The van der Waals surface area contributed by atoms with E-state index in [9.17, 15) is 0 Å². The molecule has 0 unspecified atom stereocenters. The van der Waals surface area contributed by atoms with Gasteiger partial charge in [0.1, 0.15) is 18.0 Å². The molecule has 0 fully saturated rings. The van der Waals surface area contributed by atoms with E-state index < -0.39 is 0 Å². The van der Waals surface area contributed by atoms with E-state index in [0.29, 0.717) is 21.7 Å². The number of rotatable bonds is 6. The van der Waals surface area contributed by atoms with Crippen LogP contribution in [0.2, 0.25) is 10.0 Å². The molecule has 5 nitrogen and oxygen atoms in total. The summed E-state index contributed by atoms with van der Waals surface area (Å²) in [5.74, 6) is 1.31. The van der Waals surface area contributed by atoms with Gasteiger partial charge >= 0.3 is 0 Å². The van der Waals surface area contributed by atoms with E-state index in [1.54, 1.807) is 30.1 Å². The van der Waals surface area contributed by atoms with Gasteiger partial charge in [0.15, 0.2) is 0 Å². The van der Waals surface area contributed by atoms with E-state index in [1.165, 1.54) is 6.33 Å². The molecule has 0 amide bonds. The maximum Gasteiger partial charge on any atom is 0.135 e. The number of aromatic nitrogens is 2. The van der Waals surface area contributed by atoms with Gasteiger partial charge in [0, 0.05) is 32.4 Å². The van der Waals surface area contributed by atoms with Crippen LogP contribution in [0, 0.1) is 0 Å². The minimum absolute atomic E-state index is 0.557. The second-order valence-corrected chi connectivity index (χ2v) is 6.99. The van der Waals surface area contributed by atoms with Crippen LogP contribution in [-0.2, 0) is 0 Å². The van der Waals surface area contributed by atoms with Gasteiger partial charge in [-0.1, -0.05) is 29.3 Å². The molecule has 3 aromatic rings. The molecular formula is C17H15Cl2N5S. The average Bonchev–Trinajstić information content (AvgIpc) is 2.55. The predicted molar refractivity (Wildman–Crippen MR) is 106 cm³/mol. The average molecular weight is 392 g/mol. The molecule has 3 rings (SSSR count). The monoisotopic (exact) mass is 391 g/mol. The van der Waals surface area contributed by atoms with Crippen molar-refractivity contribution in [3.63, 3.8) is 0 Å². The summed E-state index contributed by atoms with van der Waals surface area (Å²) in [5, 5.41) is 7.55. The molecule has 128 valence electrons. The van der Waals surface area contributed by atoms with Crippen molar-refractivity contribution in [3.05, 3.63) is 64.9 Å². The Morgan fingerprint density at radius 2 is 1.52 bits per heavy atom. The Morgan fingerprint density at radius 1 is 0.840 bits per heavy atom. The maximum atomic E-state index is 6.02. The van der Waals surface area contributed by atoms with Crippen LogP contribution in [0.5, 0.6) is 0 Å². The fourth-order valence-electron chi connectivity index (χ4n) is 2.17. The highest BCUT2D eigenvalue weighted by molar-refractivity contribution is 7.97. The quantitative estimate of drug-likeness (QED) is 0.482. The second kappa shape index (κ2) is 8.40. The number of halogens is 2. The lowest BCUT2D eigenvalue weighted by Gasteiger charge is -2.10. The number of nitrogens with one attached hydrogen (secondary N) is 3. The van der Waals surface area contributed by atoms with Crippen LogP contribution in [0.15, 0.2) is 59.8 Å². The van der Waals surface area contributed by atoms with Crippen LogP contribution < -0.4 is 15.4 Å². The zero-order chi connectivity index (χ0) is 17.6. The summed E-state index contributed by atoms with van der Waals surface area (Å²) in [7, 11) is 1.88. The summed E-state index contributed by atoms with van der Waals surface area (Å²) >= 11 is 13.6. The van der Waals surface area contributed by atoms with Gasteiger partial charge in [-0.05, 0) is 55.4 Å². The third kappa shape index (κ3) is 5.24. The third-order valence-electron chi connectivity index (χ3n) is 3.13. The molecule has 8 heteroatoms. The van der Waals surface area contributed by atoms with Crippen LogP contribution in [0.1, 0.15) is 0 Å². The highest BCUT2D eigenvalue weighted by Crippen LogP contribution is 2.26. The maximum absolute atomic E-state index is 6.02. The molecule has 0 atom stereocenters. The van der Waals surface area contributed by atoms with Gasteiger partial charge < -0.3 is 10.6 Å². The van der Waals surface area contributed by atoms with Crippen molar-refractivity contribution in [1.82, 2.24) is 14.7 Å². The van der Waals surface area contributed by atoms with Crippen molar-refractivity contribution in [2.24, 2.45) is 0 Å². The van der Waals surface area contributed by atoms with Crippen molar-refractivity contribution in [2.75, 3.05) is 17.7 Å². The van der Waals surface area contributed by atoms with Crippen LogP contribution in [0.3, 0.4) is 0 Å². The molecule has 3 N–H and O–H groups in total. The first-order chi connectivity index (χ1) is 12.1. The Hall–Kier alpha value is -1.99. The van der Waals surface area contributed by atoms with Crippen molar-refractivity contribution >= 4 is 58.2 Å². The first-order valence-electron chi connectivity index (χ1n) is 7.38. The lowest BCUT2D eigenvalue weighted by Crippen LogP contribution is -1.99. The molecule has 25 heavy (non-hydrogen) atoms. The number of hydrogen-bond donors (Lipinski definition) is 3. The first-order valence-corrected chi connectivity index (χ1v) is 8.95. The van der Waals surface area contributed by atoms with Crippen LogP contribution >= 0.6 is 35.1 Å². The number of benzene rings is 2. The van der Waals surface area contributed by atoms with Gasteiger partial charge in [-0.25, -0.2) is 9.97 Å². The van der Waals surface area contributed by atoms with Gasteiger partial charge in [-0.3, -0.25) is 4.72 Å². The lowest BCUT2D eigenvalue weighted by molar-refractivity contribution is 1.16. The van der Waals surface area contributed by atoms with E-state index in [-0.39, 0.29) is 0 Å². The van der Waals surface area contributed by atoms with Gasteiger partial charge in [0.05, 0.1) is 0 Å². The minimum Gasteiger partial charge on any atom is -0.340 e. The van der Waals surface area contributed by atoms with E-state index in [4.69, 9.17) is 23.2 Å². The zero-order valence-electron chi connectivity index (χ0n) is 13.3. The Bertz CT molecular complexity index is 855. The Kier molecular flexibility index (Phi) is 5.99. The van der Waals surface area contributed by atoms with Crippen molar-refractivity contribution in [1.29, 1.82) is 0 Å². The van der Waals surface area contributed by atoms with Crippen LogP contribution in [0.25, 0.3) is 0 Å².